The zero-order valence-electron chi connectivity index (χ0n) is 16.9. The number of carbonyl (C=O) groups excluding carboxylic acids is 1. The minimum absolute atomic E-state index is 0.183. The van der Waals surface area contributed by atoms with Crippen LogP contribution in [0.4, 0.5) is 5.82 Å². The number of rotatable bonds is 6. The molecule has 3 aromatic heterocycles. The fraction of sp³-hybridized carbons (Fsp3) is 0.190. The Bertz CT molecular complexity index is 1170. The van der Waals surface area contributed by atoms with Crippen LogP contribution in [0.3, 0.4) is 0 Å². The molecule has 0 fully saturated rings. The van der Waals surface area contributed by atoms with Gasteiger partial charge in [-0.3, -0.25) is 4.79 Å². The highest BCUT2D eigenvalue weighted by Gasteiger charge is 2.19. The highest BCUT2D eigenvalue weighted by atomic mass is 16.5. The number of para-hydroxylation sites is 1. The zero-order chi connectivity index (χ0) is 21.1. The molecule has 0 aliphatic carbocycles. The van der Waals surface area contributed by atoms with E-state index >= 15 is 0 Å². The molecule has 0 unspecified atom stereocenters. The molecule has 0 bridgehead atoms. The van der Waals surface area contributed by atoms with Gasteiger partial charge in [0.25, 0.3) is 5.91 Å². The summed E-state index contributed by atoms with van der Waals surface area (Å²) in [5, 5.41) is 15.3. The van der Waals surface area contributed by atoms with Crippen molar-refractivity contribution in [3.05, 3.63) is 66.6 Å². The van der Waals surface area contributed by atoms with Gasteiger partial charge >= 0.3 is 0 Å². The number of pyridine rings is 1. The Labute approximate surface area is 173 Å². The number of ether oxygens (including phenoxy) is 1. The van der Waals surface area contributed by atoms with Crippen molar-refractivity contribution in [2.75, 3.05) is 12.4 Å². The monoisotopic (exact) mass is 403 g/mol. The molecule has 30 heavy (non-hydrogen) atoms. The molecule has 0 saturated carbocycles. The Balaban J connectivity index is 1.60. The van der Waals surface area contributed by atoms with Crippen LogP contribution in [0.5, 0.6) is 5.88 Å². The number of hydrogen-bond acceptors (Lipinski definition) is 6. The Hall–Kier alpha value is -4.01. The quantitative estimate of drug-likeness (QED) is 0.530. The number of nitrogens with zero attached hydrogens (tertiary/aromatic N) is 6. The second kappa shape index (κ2) is 8.16. The Morgan fingerprint density at radius 2 is 1.90 bits per heavy atom. The van der Waals surface area contributed by atoms with Gasteiger partial charge in [-0.1, -0.05) is 24.3 Å². The summed E-state index contributed by atoms with van der Waals surface area (Å²) in [6.07, 6.45) is 3.29. The lowest BCUT2D eigenvalue weighted by molar-refractivity contribution is 0.102. The zero-order valence-corrected chi connectivity index (χ0v) is 16.9. The number of anilines is 1. The summed E-state index contributed by atoms with van der Waals surface area (Å²) in [6.45, 7) is 4.07. The van der Waals surface area contributed by atoms with Crippen LogP contribution in [0.25, 0.3) is 17.2 Å². The van der Waals surface area contributed by atoms with E-state index in [0.29, 0.717) is 22.9 Å². The molecule has 0 saturated heterocycles. The highest BCUT2D eigenvalue weighted by Crippen LogP contribution is 2.22. The van der Waals surface area contributed by atoms with Gasteiger partial charge in [0.05, 0.1) is 12.8 Å². The van der Waals surface area contributed by atoms with Crippen LogP contribution in [-0.4, -0.2) is 42.5 Å². The lowest BCUT2D eigenvalue weighted by Crippen LogP contribution is -2.13. The molecule has 0 aliphatic rings. The largest absolute Gasteiger partial charge is 0.479 e. The summed E-state index contributed by atoms with van der Waals surface area (Å²) in [6, 6.07) is 15.0. The first-order chi connectivity index (χ1) is 14.6. The fourth-order valence-corrected chi connectivity index (χ4v) is 2.99. The molecule has 1 aromatic carbocycles. The molecule has 4 aromatic rings. The molecular weight excluding hydrogens is 382 g/mol. The summed E-state index contributed by atoms with van der Waals surface area (Å²) >= 11 is 0. The average Bonchev–Trinajstić information content (AvgIpc) is 3.42. The van der Waals surface area contributed by atoms with Crippen molar-refractivity contribution in [3.8, 4) is 23.1 Å². The van der Waals surface area contributed by atoms with E-state index in [1.165, 1.54) is 7.11 Å². The second-order valence-corrected chi connectivity index (χ2v) is 6.85. The van der Waals surface area contributed by atoms with Crippen LogP contribution in [-0.2, 0) is 0 Å². The molecule has 0 atom stereocenters. The van der Waals surface area contributed by atoms with E-state index in [-0.39, 0.29) is 17.8 Å². The van der Waals surface area contributed by atoms with Gasteiger partial charge in [0, 0.05) is 12.2 Å². The molecule has 152 valence electrons. The first-order valence-electron chi connectivity index (χ1n) is 9.44. The minimum atomic E-state index is -0.371. The first kappa shape index (κ1) is 19.3. The third-order valence-electron chi connectivity index (χ3n) is 4.49. The van der Waals surface area contributed by atoms with Crippen molar-refractivity contribution in [1.82, 2.24) is 29.5 Å². The second-order valence-electron chi connectivity index (χ2n) is 6.85. The van der Waals surface area contributed by atoms with Crippen LogP contribution in [0.1, 0.15) is 30.2 Å². The van der Waals surface area contributed by atoms with Gasteiger partial charge in [-0.05, 0) is 38.1 Å². The van der Waals surface area contributed by atoms with Crippen molar-refractivity contribution in [2.45, 2.75) is 19.9 Å². The highest BCUT2D eigenvalue weighted by molar-refractivity contribution is 6.05. The Kier molecular flexibility index (Phi) is 5.25. The fourth-order valence-electron chi connectivity index (χ4n) is 2.99. The van der Waals surface area contributed by atoms with E-state index in [9.17, 15) is 4.79 Å². The van der Waals surface area contributed by atoms with Crippen LogP contribution < -0.4 is 10.1 Å². The molecule has 1 N–H and O–H groups in total. The predicted octanol–water partition coefficient (Wildman–Crippen LogP) is 3.37. The van der Waals surface area contributed by atoms with Crippen molar-refractivity contribution in [2.24, 2.45) is 0 Å². The van der Waals surface area contributed by atoms with Crippen molar-refractivity contribution >= 4 is 11.7 Å². The van der Waals surface area contributed by atoms with E-state index in [1.54, 1.807) is 23.3 Å². The van der Waals surface area contributed by atoms with Gasteiger partial charge < -0.3 is 14.6 Å². The SMILES string of the molecule is COc1nn(-c2ccccc2)cc1C(=O)Nc1cccc(-c2nncn2C(C)C)n1. The molecule has 9 heteroatoms. The molecule has 0 spiro atoms. The summed E-state index contributed by atoms with van der Waals surface area (Å²) in [7, 11) is 1.48. The van der Waals surface area contributed by atoms with Crippen LogP contribution in [0, 0.1) is 0 Å². The third-order valence-corrected chi connectivity index (χ3v) is 4.49. The minimum Gasteiger partial charge on any atom is -0.479 e. The van der Waals surface area contributed by atoms with Crippen LogP contribution >= 0.6 is 0 Å². The number of aromatic nitrogens is 6. The van der Waals surface area contributed by atoms with E-state index in [0.717, 1.165) is 5.69 Å². The Morgan fingerprint density at radius 1 is 1.10 bits per heavy atom. The first-order valence-corrected chi connectivity index (χ1v) is 9.44. The van der Waals surface area contributed by atoms with Gasteiger partial charge in [-0.2, -0.15) is 0 Å². The molecule has 1 amide bonds. The summed E-state index contributed by atoms with van der Waals surface area (Å²) in [5.41, 5.74) is 1.74. The number of methoxy groups -OCH3 is 1. The number of amides is 1. The van der Waals surface area contributed by atoms with Gasteiger partial charge in [0.15, 0.2) is 5.82 Å². The van der Waals surface area contributed by atoms with Crippen LogP contribution in [0.15, 0.2) is 61.1 Å². The molecular formula is C21H21N7O2. The topological polar surface area (TPSA) is 99.8 Å². The smallest absolute Gasteiger partial charge is 0.263 e. The van der Waals surface area contributed by atoms with Gasteiger partial charge in [0.2, 0.25) is 5.88 Å². The number of hydrogen-bond donors (Lipinski definition) is 1. The maximum Gasteiger partial charge on any atom is 0.263 e. The number of benzene rings is 1. The van der Waals surface area contributed by atoms with Crippen LogP contribution in [0.2, 0.25) is 0 Å². The lowest BCUT2D eigenvalue weighted by Gasteiger charge is -2.10. The molecule has 0 radical (unpaired) electrons. The third kappa shape index (κ3) is 3.77. The van der Waals surface area contributed by atoms with Gasteiger partial charge in [0.1, 0.15) is 23.4 Å². The Morgan fingerprint density at radius 3 is 2.63 bits per heavy atom. The number of carbonyl (C=O) groups is 1. The van der Waals surface area contributed by atoms with E-state index in [2.05, 4.69) is 25.6 Å². The maximum atomic E-state index is 12.9. The van der Waals surface area contributed by atoms with E-state index in [1.807, 2.05) is 60.9 Å². The summed E-state index contributed by atoms with van der Waals surface area (Å²) in [5.74, 6) is 0.886. The maximum absolute atomic E-state index is 12.9. The van der Waals surface area contributed by atoms with Crippen molar-refractivity contribution in [1.29, 1.82) is 0 Å². The van der Waals surface area contributed by atoms with Gasteiger partial charge in [-0.25, -0.2) is 9.67 Å². The van der Waals surface area contributed by atoms with Crippen molar-refractivity contribution < 1.29 is 9.53 Å². The predicted molar refractivity (Wildman–Crippen MR) is 112 cm³/mol. The molecule has 4 rings (SSSR count). The molecule has 9 nitrogen and oxygen atoms in total. The van der Waals surface area contributed by atoms with Gasteiger partial charge in [-0.15, -0.1) is 15.3 Å². The number of nitrogens with one attached hydrogen (secondary N) is 1. The molecule has 0 aliphatic heterocycles. The van der Waals surface area contributed by atoms with Crippen molar-refractivity contribution in [3.63, 3.8) is 0 Å². The van der Waals surface area contributed by atoms with E-state index in [4.69, 9.17) is 4.74 Å². The summed E-state index contributed by atoms with van der Waals surface area (Å²) < 4.78 is 8.81. The summed E-state index contributed by atoms with van der Waals surface area (Å²) in [4.78, 5) is 17.4. The normalized spacial score (nSPS) is 10.9. The average molecular weight is 403 g/mol. The van der Waals surface area contributed by atoms with E-state index < -0.39 is 0 Å². The lowest BCUT2D eigenvalue weighted by atomic mass is 10.3. The molecule has 3 heterocycles. The standard InChI is InChI=1S/C21H21N7O2/c1-14(2)27-13-22-25-19(27)17-10-7-11-18(23-17)24-20(29)16-12-28(26-21(16)30-3)15-8-5-4-6-9-15/h4-14H,1-3H3,(H,23,24,29).